The Bertz CT molecular complexity index is 623. The van der Waals surface area contributed by atoms with Gasteiger partial charge in [0.15, 0.2) is 0 Å². The Kier molecular flexibility index (Phi) is 26.9. The van der Waals surface area contributed by atoms with Crippen LogP contribution in [-0.4, -0.2) is 63.9 Å². The van der Waals surface area contributed by atoms with Crippen LogP contribution >= 0.6 is 0 Å². The molecule has 0 saturated carbocycles. The Morgan fingerprint density at radius 2 is 0.732 bits per heavy atom. The number of hydrogen-bond donors (Lipinski definition) is 3. The maximum atomic E-state index is 11.0. The predicted octanol–water partition coefficient (Wildman–Crippen LogP) is 9.00. The van der Waals surface area contributed by atoms with E-state index in [-0.39, 0.29) is 19.3 Å². The molecule has 0 fully saturated rings. The fourth-order valence-corrected chi connectivity index (χ4v) is 5.71. The van der Waals surface area contributed by atoms with Gasteiger partial charge >= 0.3 is 17.9 Å². The molecule has 0 unspecified atom stereocenters. The van der Waals surface area contributed by atoms with Gasteiger partial charge in [0.05, 0.1) is 26.2 Å². The van der Waals surface area contributed by atoms with Gasteiger partial charge in [0.1, 0.15) is 0 Å². The Morgan fingerprint density at radius 1 is 0.439 bits per heavy atom. The van der Waals surface area contributed by atoms with Gasteiger partial charge in [0.2, 0.25) is 0 Å². The molecule has 240 valence electrons. The van der Waals surface area contributed by atoms with Crippen LogP contribution < -0.4 is 0 Å². The fraction of sp³-hybridized carbons (Fsp3) is 0.853. The Morgan fingerprint density at radius 3 is 1.07 bits per heavy atom. The summed E-state index contributed by atoms with van der Waals surface area (Å²) in [6.45, 7) is 5.93. The molecule has 0 bridgehead atoms. The molecule has 0 radical (unpaired) electrons. The summed E-state index contributed by atoms with van der Waals surface area (Å²) in [6, 6.07) is 0. The van der Waals surface area contributed by atoms with Crippen LogP contribution in [0.4, 0.5) is 0 Å². The quantitative estimate of drug-likeness (QED) is 0.0414. The van der Waals surface area contributed by atoms with Gasteiger partial charge in [-0.3, -0.25) is 14.4 Å². The topological polar surface area (TPSA) is 112 Å². The fourth-order valence-electron chi connectivity index (χ4n) is 5.71. The minimum Gasteiger partial charge on any atom is -0.481 e. The van der Waals surface area contributed by atoms with Gasteiger partial charge in [-0.2, -0.15) is 0 Å². The molecule has 0 heterocycles. The van der Waals surface area contributed by atoms with E-state index in [0.29, 0.717) is 19.3 Å². The molecular weight excluding hydrogens is 518 g/mol. The molecule has 41 heavy (non-hydrogen) atoms. The Hall–Kier alpha value is -1.89. The zero-order valence-corrected chi connectivity index (χ0v) is 26.5. The Balaban J connectivity index is 4.38. The number of unbranched alkanes of at least 4 members (excludes halogenated alkanes) is 16. The van der Waals surface area contributed by atoms with Gasteiger partial charge in [-0.25, -0.2) is 0 Å². The maximum absolute atomic E-state index is 11.0. The lowest BCUT2D eigenvalue weighted by molar-refractivity contribution is -0.929. The van der Waals surface area contributed by atoms with Crippen molar-refractivity contribution in [2.45, 2.75) is 161 Å². The molecule has 0 aliphatic carbocycles. The highest BCUT2D eigenvalue weighted by molar-refractivity contribution is 5.67. The van der Waals surface area contributed by atoms with Crippen molar-refractivity contribution in [3.8, 4) is 0 Å². The minimum absolute atomic E-state index is 0.175. The van der Waals surface area contributed by atoms with Crippen molar-refractivity contribution in [3.05, 3.63) is 12.2 Å². The number of aliphatic carboxylic acids is 3. The average molecular weight is 583 g/mol. The second-order valence-corrected chi connectivity index (χ2v) is 12.1. The highest BCUT2D eigenvalue weighted by Gasteiger charge is 2.26. The van der Waals surface area contributed by atoms with E-state index in [0.717, 1.165) is 56.3 Å². The standard InChI is InChI=1S/C34H63NO6/c1-2-3-4-5-6-7-8-9-10-11-12-13-14-15-16-17-21-28-35(29-22-18-25-32(36)37,30-23-19-26-33(38)39)31-24-20-27-34(40)41/h6-7H,2-5,8-31H2,1H3,(H2-,36,37,38,39,40,41)/p+1/b7-6+. The van der Waals surface area contributed by atoms with Crippen LogP contribution in [0.15, 0.2) is 12.2 Å². The van der Waals surface area contributed by atoms with E-state index in [4.69, 9.17) is 15.3 Å². The molecule has 0 aliphatic rings. The molecule has 0 amide bonds. The van der Waals surface area contributed by atoms with Crippen LogP contribution in [0.3, 0.4) is 0 Å². The number of carboxylic acid groups (broad SMARTS) is 3. The summed E-state index contributed by atoms with van der Waals surface area (Å²) in [7, 11) is 0. The van der Waals surface area contributed by atoms with Gasteiger partial charge in [0, 0.05) is 19.3 Å². The van der Waals surface area contributed by atoms with Crippen LogP contribution in [0.2, 0.25) is 0 Å². The number of carbonyl (C=O) groups is 3. The van der Waals surface area contributed by atoms with E-state index >= 15 is 0 Å². The highest BCUT2D eigenvalue weighted by atomic mass is 16.4. The zero-order chi connectivity index (χ0) is 30.4. The van der Waals surface area contributed by atoms with E-state index in [1.54, 1.807) is 0 Å². The Labute approximate surface area is 251 Å². The zero-order valence-electron chi connectivity index (χ0n) is 26.5. The lowest BCUT2D eigenvalue weighted by Gasteiger charge is -2.39. The van der Waals surface area contributed by atoms with Gasteiger partial charge in [-0.15, -0.1) is 0 Å². The largest absolute Gasteiger partial charge is 0.481 e. The number of carboxylic acids is 3. The second kappa shape index (κ2) is 28.2. The monoisotopic (exact) mass is 582 g/mol. The molecule has 0 aromatic rings. The second-order valence-electron chi connectivity index (χ2n) is 12.1. The number of rotatable bonds is 32. The number of hydrogen-bond acceptors (Lipinski definition) is 3. The molecule has 0 aromatic heterocycles. The van der Waals surface area contributed by atoms with Gasteiger partial charge in [-0.05, 0) is 77.0 Å². The molecule has 0 aromatic carbocycles. The summed E-state index contributed by atoms with van der Waals surface area (Å²) >= 11 is 0. The van der Waals surface area contributed by atoms with Gasteiger partial charge in [-0.1, -0.05) is 76.9 Å². The molecule has 0 rings (SSSR count). The first-order valence-electron chi connectivity index (χ1n) is 17.0. The van der Waals surface area contributed by atoms with Crippen LogP contribution in [0.5, 0.6) is 0 Å². The predicted molar refractivity (Wildman–Crippen MR) is 168 cm³/mol. The van der Waals surface area contributed by atoms with Crippen LogP contribution in [0.1, 0.15) is 161 Å². The lowest BCUT2D eigenvalue weighted by atomic mass is 10.0. The van der Waals surface area contributed by atoms with Gasteiger partial charge < -0.3 is 19.8 Å². The third-order valence-electron chi connectivity index (χ3n) is 8.21. The summed E-state index contributed by atoms with van der Waals surface area (Å²) in [5.74, 6) is -2.30. The third kappa shape index (κ3) is 28.0. The van der Waals surface area contributed by atoms with Crippen molar-refractivity contribution >= 4 is 17.9 Å². The van der Waals surface area contributed by atoms with Crippen molar-refractivity contribution in [1.29, 1.82) is 0 Å². The molecule has 0 saturated heterocycles. The van der Waals surface area contributed by atoms with Crippen molar-refractivity contribution in [3.63, 3.8) is 0 Å². The molecule has 7 nitrogen and oxygen atoms in total. The summed E-state index contributed by atoms with van der Waals surface area (Å²) in [6.07, 6.45) is 28.9. The molecule has 7 heteroatoms. The number of quaternary nitrogens is 1. The van der Waals surface area contributed by atoms with E-state index < -0.39 is 17.9 Å². The number of nitrogens with zero attached hydrogens (tertiary/aromatic N) is 1. The number of allylic oxidation sites excluding steroid dienone is 2. The van der Waals surface area contributed by atoms with Crippen molar-refractivity contribution in [2.75, 3.05) is 26.2 Å². The summed E-state index contributed by atoms with van der Waals surface area (Å²) in [5, 5.41) is 27.1. The van der Waals surface area contributed by atoms with Crippen LogP contribution in [0.25, 0.3) is 0 Å². The smallest absolute Gasteiger partial charge is 0.303 e. The average Bonchev–Trinajstić information content (AvgIpc) is 2.93. The van der Waals surface area contributed by atoms with E-state index in [1.165, 1.54) is 89.9 Å². The minimum atomic E-state index is -0.767. The highest BCUT2D eigenvalue weighted by Crippen LogP contribution is 2.20. The lowest BCUT2D eigenvalue weighted by Crippen LogP contribution is -2.51. The first kappa shape index (κ1) is 39.1. The summed E-state index contributed by atoms with van der Waals surface area (Å²) < 4.78 is 0.868. The maximum Gasteiger partial charge on any atom is 0.303 e. The van der Waals surface area contributed by atoms with Crippen LogP contribution in [-0.2, 0) is 14.4 Å². The van der Waals surface area contributed by atoms with Crippen molar-refractivity contribution in [1.82, 2.24) is 0 Å². The van der Waals surface area contributed by atoms with Crippen molar-refractivity contribution in [2.24, 2.45) is 0 Å². The normalized spacial score (nSPS) is 11.8. The van der Waals surface area contributed by atoms with Crippen molar-refractivity contribution < 1.29 is 34.2 Å². The first-order chi connectivity index (χ1) is 19.8. The van der Waals surface area contributed by atoms with E-state index in [2.05, 4.69) is 19.1 Å². The molecular formula is C34H64NO6+. The van der Waals surface area contributed by atoms with Crippen LogP contribution in [0, 0.1) is 0 Å². The SMILES string of the molecule is CCCCC/C=C/CCCCCCCCCCCC[N+](CCCCC(=O)O)(CCCCC(=O)O)CCCCC(=O)O. The summed E-state index contributed by atoms with van der Waals surface area (Å²) in [4.78, 5) is 33.0. The third-order valence-corrected chi connectivity index (χ3v) is 8.21. The molecule has 0 aliphatic heterocycles. The molecule has 0 atom stereocenters. The van der Waals surface area contributed by atoms with E-state index in [9.17, 15) is 14.4 Å². The van der Waals surface area contributed by atoms with E-state index in [1.807, 2.05) is 0 Å². The molecule has 0 spiro atoms. The van der Waals surface area contributed by atoms with Gasteiger partial charge in [0.25, 0.3) is 0 Å². The summed E-state index contributed by atoms with van der Waals surface area (Å²) in [5.41, 5.74) is 0. The first-order valence-corrected chi connectivity index (χ1v) is 17.0. The molecule has 3 N–H and O–H groups in total.